The highest BCUT2D eigenvalue weighted by molar-refractivity contribution is 7.80. The molecule has 1 aromatic carbocycles. The van der Waals surface area contributed by atoms with Crippen molar-refractivity contribution in [3.63, 3.8) is 0 Å². The number of carbonyl (C=O) groups is 1. The van der Waals surface area contributed by atoms with E-state index in [9.17, 15) is 10.0 Å². The molecule has 1 heterocycles. The van der Waals surface area contributed by atoms with E-state index in [1.54, 1.807) is 12.1 Å². The van der Waals surface area contributed by atoms with Gasteiger partial charge in [0.25, 0.3) is 5.91 Å². The lowest BCUT2D eigenvalue weighted by Crippen LogP contribution is -2.26. The smallest absolute Gasteiger partial charge is 0.279 e. The summed E-state index contributed by atoms with van der Waals surface area (Å²) in [5.41, 5.74) is 0.788. The Balaban J connectivity index is 2.30. The molecule has 0 saturated carbocycles. The van der Waals surface area contributed by atoms with Crippen LogP contribution in [0.25, 0.3) is 0 Å². The van der Waals surface area contributed by atoms with Gasteiger partial charge in [0.2, 0.25) is 5.11 Å². The monoisotopic (exact) mass is 208 g/mol. The zero-order valence-electron chi connectivity index (χ0n) is 7.18. The molecule has 0 aliphatic carbocycles. The van der Waals surface area contributed by atoms with Crippen LogP contribution < -0.4 is 5.32 Å². The number of nitrogens with zero attached hydrogens (tertiary/aromatic N) is 1. The maximum Gasteiger partial charge on any atom is 0.279 e. The second kappa shape index (κ2) is 3.36. The minimum Gasteiger partial charge on any atom is -0.345 e. The molecule has 1 atom stereocenters. The molecule has 5 heteroatoms. The van der Waals surface area contributed by atoms with Gasteiger partial charge in [0.1, 0.15) is 6.04 Å². The molecule has 1 aromatic rings. The molecular formula is C9H8N2O2S. The lowest BCUT2D eigenvalue weighted by Gasteiger charge is -2.06. The van der Waals surface area contributed by atoms with Crippen molar-refractivity contribution in [1.29, 1.82) is 0 Å². The Morgan fingerprint density at radius 2 is 2.00 bits per heavy atom. The van der Waals surface area contributed by atoms with Crippen LogP contribution in [0.4, 0.5) is 0 Å². The first-order chi connectivity index (χ1) is 6.70. The predicted molar refractivity (Wildman–Crippen MR) is 53.5 cm³/mol. The van der Waals surface area contributed by atoms with Crippen LogP contribution >= 0.6 is 12.2 Å². The maximum atomic E-state index is 11.4. The summed E-state index contributed by atoms with van der Waals surface area (Å²) < 4.78 is 0. The highest BCUT2D eigenvalue weighted by Gasteiger charge is 2.35. The van der Waals surface area contributed by atoms with Crippen molar-refractivity contribution in [1.82, 2.24) is 10.4 Å². The maximum absolute atomic E-state index is 11.4. The summed E-state index contributed by atoms with van der Waals surface area (Å²) in [7, 11) is 0. The van der Waals surface area contributed by atoms with Crippen molar-refractivity contribution in [2.45, 2.75) is 6.04 Å². The zero-order valence-corrected chi connectivity index (χ0v) is 7.99. The third-order valence-electron chi connectivity index (χ3n) is 2.05. The number of nitrogens with one attached hydrogen (secondary N) is 1. The van der Waals surface area contributed by atoms with Gasteiger partial charge in [0, 0.05) is 0 Å². The minimum atomic E-state index is -0.561. The predicted octanol–water partition coefficient (Wildman–Crippen LogP) is 0.834. The molecule has 2 N–H and O–H groups in total. The minimum absolute atomic E-state index is 0.0452. The molecule has 1 aliphatic rings. The van der Waals surface area contributed by atoms with Crippen molar-refractivity contribution < 1.29 is 10.0 Å². The lowest BCUT2D eigenvalue weighted by atomic mass is 10.1. The summed E-state index contributed by atoms with van der Waals surface area (Å²) in [5, 5.41) is 12.4. The standard InChI is InChI=1S/C9H8N2O2S/c12-8-7(10-9(14)11(8)13)6-4-2-1-3-5-6/h1-5,7,13H,(H,10,14). The van der Waals surface area contributed by atoms with Crippen LogP contribution in [0, 0.1) is 0 Å². The Morgan fingerprint density at radius 3 is 2.50 bits per heavy atom. The van der Waals surface area contributed by atoms with E-state index in [0.29, 0.717) is 5.06 Å². The largest absolute Gasteiger partial charge is 0.345 e. The average Bonchev–Trinajstić information content (AvgIpc) is 2.47. The highest BCUT2D eigenvalue weighted by atomic mass is 32.1. The van der Waals surface area contributed by atoms with Crippen molar-refractivity contribution in [3.8, 4) is 0 Å². The highest BCUT2D eigenvalue weighted by Crippen LogP contribution is 2.19. The molecule has 14 heavy (non-hydrogen) atoms. The van der Waals surface area contributed by atoms with Crippen LogP contribution in [-0.2, 0) is 4.79 Å². The molecule has 72 valence electrons. The van der Waals surface area contributed by atoms with Crippen LogP contribution in [0.3, 0.4) is 0 Å². The van der Waals surface area contributed by atoms with E-state index in [1.165, 1.54) is 0 Å². The van der Waals surface area contributed by atoms with E-state index in [4.69, 9.17) is 12.2 Å². The normalized spacial score (nSPS) is 21.2. The van der Waals surface area contributed by atoms with Crippen molar-refractivity contribution >= 4 is 23.2 Å². The first-order valence-electron chi connectivity index (χ1n) is 4.08. The molecule has 0 spiro atoms. The van der Waals surface area contributed by atoms with E-state index in [1.807, 2.05) is 18.2 Å². The first-order valence-corrected chi connectivity index (χ1v) is 4.49. The van der Waals surface area contributed by atoms with Gasteiger partial charge in [-0.05, 0) is 17.8 Å². The van der Waals surface area contributed by atoms with E-state index in [2.05, 4.69) is 5.32 Å². The second-order valence-corrected chi connectivity index (χ2v) is 3.33. The summed E-state index contributed by atoms with van der Waals surface area (Å²) in [4.78, 5) is 11.4. The van der Waals surface area contributed by atoms with E-state index < -0.39 is 11.9 Å². The Labute approximate surface area is 86.1 Å². The topological polar surface area (TPSA) is 52.6 Å². The molecule has 1 aliphatic heterocycles. The summed E-state index contributed by atoms with van der Waals surface area (Å²) in [6.45, 7) is 0. The van der Waals surface area contributed by atoms with Crippen LogP contribution in [0.1, 0.15) is 11.6 Å². The number of hydrogen-bond acceptors (Lipinski definition) is 3. The van der Waals surface area contributed by atoms with E-state index in [0.717, 1.165) is 5.56 Å². The fourth-order valence-corrected chi connectivity index (χ4v) is 1.55. The van der Waals surface area contributed by atoms with Gasteiger partial charge in [0.05, 0.1) is 0 Å². The van der Waals surface area contributed by atoms with Crippen LogP contribution in [-0.4, -0.2) is 21.3 Å². The Morgan fingerprint density at radius 1 is 1.36 bits per heavy atom. The summed E-state index contributed by atoms with van der Waals surface area (Å²) >= 11 is 4.74. The SMILES string of the molecule is O=C1C(c2ccccc2)NC(=S)N1O. The molecule has 1 fully saturated rings. The number of carbonyl (C=O) groups excluding carboxylic acids is 1. The van der Waals surface area contributed by atoms with Gasteiger partial charge in [-0.3, -0.25) is 10.0 Å². The Kier molecular flexibility index (Phi) is 2.18. The number of hydrogen-bond donors (Lipinski definition) is 2. The zero-order chi connectivity index (χ0) is 10.1. The van der Waals surface area contributed by atoms with Gasteiger partial charge >= 0.3 is 0 Å². The molecule has 1 saturated heterocycles. The number of thiocarbonyl (C=S) groups is 1. The second-order valence-electron chi connectivity index (χ2n) is 2.94. The van der Waals surface area contributed by atoms with Gasteiger partial charge in [0.15, 0.2) is 0 Å². The molecule has 0 aromatic heterocycles. The number of rotatable bonds is 1. The third-order valence-corrected chi connectivity index (χ3v) is 2.34. The molecule has 2 rings (SSSR count). The molecule has 4 nitrogen and oxygen atoms in total. The third kappa shape index (κ3) is 1.36. The van der Waals surface area contributed by atoms with E-state index >= 15 is 0 Å². The molecule has 1 unspecified atom stereocenters. The van der Waals surface area contributed by atoms with Gasteiger partial charge in [-0.15, -0.1) is 0 Å². The average molecular weight is 208 g/mol. The quantitative estimate of drug-likeness (QED) is 0.530. The molecule has 0 bridgehead atoms. The van der Waals surface area contributed by atoms with Crippen LogP contribution in [0.2, 0.25) is 0 Å². The van der Waals surface area contributed by atoms with Crippen LogP contribution in [0.15, 0.2) is 30.3 Å². The first kappa shape index (κ1) is 9.11. The van der Waals surface area contributed by atoms with Gasteiger partial charge in [-0.25, -0.2) is 0 Å². The molecule has 0 radical (unpaired) electrons. The fourth-order valence-electron chi connectivity index (χ4n) is 1.34. The van der Waals surface area contributed by atoms with Crippen molar-refractivity contribution in [2.24, 2.45) is 0 Å². The Hall–Kier alpha value is -1.46. The van der Waals surface area contributed by atoms with Gasteiger partial charge in [-0.1, -0.05) is 30.3 Å². The number of hydroxylamine groups is 2. The lowest BCUT2D eigenvalue weighted by molar-refractivity contribution is -0.147. The van der Waals surface area contributed by atoms with Gasteiger partial charge in [-0.2, -0.15) is 5.06 Å². The number of amides is 1. The van der Waals surface area contributed by atoms with Crippen LogP contribution in [0.5, 0.6) is 0 Å². The Bertz CT molecular complexity index is 380. The summed E-state index contributed by atoms with van der Waals surface area (Å²) in [6, 6.07) is 8.56. The summed E-state index contributed by atoms with van der Waals surface area (Å²) in [5.74, 6) is -0.443. The molecular weight excluding hydrogens is 200 g/mol. The van der Waals surface area contributed by atoms with E-state index in [-0.39, 0.29) is 5.11 Å². The van der Waals surface area contributed by atoms with Crippen molar-refractivity contribution in [2.75, 3.05) is 0 Å². The number of benzene rings is 1. The van der Waals surface area contributed by atoms with Gasteiger partial charge < -0.3 is 5.32 Å². The van der Waals surface area contributed by atoms with Crippen molar-refractivity contribution in [3.05, 3.63) is 35.9 Å². The fraction of sp³-hybridized carbons (Fsp3) is 0.111. The summed E-state index contributed by atoms with van der Waals surface area (Å²) in [6.07, 6.45) is 0. The molecule has 1 amide bonds.